The van der Waals surface area contributed by atoms with Crippen molar-refractivity contribution in [3.8, 4) is 22.5 Å². The summed E-state index contributed by atoms with van der Waals surface area (Å²) in [5, 5.41) is 16.7. The number of hydrogen-bond donors (Lipinski definition) is 1. The number of fused-ring (bicyclic) bond motifs is 2. The number of rotatable bonds is 11. The topological polar surface area (TPSA) is 63.1 Å². The zero-order chi connectivity index (χ0) is 47.2. The van der Waals surface area contributed by atoms with E-state index in [-0.39, 0.29) is 55.2 Å². The molecule has 1 N–H and O–H groups in total. The maximum Gasteiger partial charge on any atom is 0.162 e. The maximum absolute atomic E-state index is 11.9. The van der Waals surface area contributed by atoms with Crippen LogP contribution in [0.1, 0.15) is 86.7 Å². The second-order valence-corrected chi connectivity index (χ2v) is 28.9. The summed E-state index contributed by atoms with van der Waals surface area (Å²) in [5.41, 5.74) is 7.73. The van der Waals surface area contributed by atoms with Crippen molar-refractivity contribution in [2.45, 2.75) is 127 Å². The van der Waals surface area contributed by atoms with Gasteiger partial charge in [-0.3, -0.25) is 4.79 Å². The quantitative estimate of drug-likeness (QED) is 0.0608. The summed E-state index contributed by atoms with van der Waals surface area (Å²) in [6, 6.07) is 30.1. The third-order valence-electron chi connectivity index (χ3n) is 11.7. The predicted octanol–water partition coefficient (Wildman–Crippen LogP) is 14.0. The molecule has 0 saturated carbocycles. The summed E-state index contributed by atoms with van der Waals surface area (Å²) < 4.78 is 24.5. The first-order valence-electron chi connectivity index (χ1n) is 23.2. The number of carbonyl (C=O) groups is 1. The summed E-state index contributed by atoms with van der Waals surface area (Å²) in [6.07, 6.45) is 5.17. The SMILES string of the molecule is CCC(CC)C(=O)/C=C(\O)C(C)(CC)CC.[2H]c1cc2cc([Si](C)(C)C)ccc2c(-c2[c-]c(C)cc(C)c2)n1.[2H]c1nc(-c2[c-]c(C)cc(C)c2)c2ccc([Si](C)(C)C)cc2c1[2H].[Ir]. The van der Waals surface area contributed by atoms with Crippen molar-refractivity contribution >= 4 is 53.8 Å². The number of aromatic nitrogens is 2. The molecule has 0 atom stereocenters. The van der Waals surface area contributed by atoms with Crippen molar-refractivity contribution in [2.24, 2.45) is 11.3 Å². The van der Waals surface area contributed by atoms with Crippen LogP contribution in [0, 0.1) is 51.2 Å². The van der Waals surface area contributed by atoms with Gasteiger partial charge in [-0.15, -0.1) is 69.8 Å². The van der Waals surface area contributed by atoms with Crippen molar-refractivity contribution in [1.29, 1.82) is 0 Å². The second kappa shape index (κ2) is 21.9. The monoisotopic (exact) mass is 1030 g/mol. The Labute approximate surface area is 388 Å². The summed E-state index contributed by atoms with van der Waals surface area (Å²) in [6.45, 7) is 32.2. The van der Waals surface area contributed by atoms with Gasteiger partial charge in [-0.05, 0) is 70.7 Å². The van der Waals surface area contributed by atoms with E-state index in [4.69, 9.17) is 4.11 Å². The van der Waals surface area contributed by atoms with Crippen LogP contribution in [-0.2, 0) is 24.9 Å². The molecule has 0 fully saturated rings. The Balaban J connectivity index is 0.000000259. The smallest absolute Gasteiger partial charge is 0.162 e. The van der Waals surface area contributed by atoms with Crippen LogP contribution in [0.3, 0.4) is 0 Å². The number of nitrogens with zero attached hydrogens (tertiary/aromatic N) is 2. The Morgan fingerprint density at radius 2 is 1.15 bits per heavy atom. The summed E-state index contributed by atoms with van der Waals surface area (Å²) >= 11 is 0. The number of aryl methyl sites for hydroxylation is 4. The number of hydrogen-bond acceptors (Lipinski definition) is 4. The molecule has 1 radical (unpaired) electrons. The minimum absolute atomic E-state index is 0. The van der Waals surface area contributed by atoms with E-state index in [2.05, 4.69) is 130 Å². The standard InChI is InChI=1S/2C20H22NSi.C14H26O2.Ir/c2*1-14-10-15(2)12-17(11-14)20-19-7-6-18(22(3,4)5)13-16(19)8-9-21-20;1-6-11(7-2)12(15)10-13(16)14(5,8-3)9-4;/h2*6-11,13H,1-5H3;10-11,16H,6-9H2,1-5H3;/q2*-1;;/b;;13-10-;/i8D,9D;9D;;. The summed E-state index contributed by atoms with van der Waals surface area (Å²) in [5.74, 6) is 0.366. The Morgan fingerprint density at radius 3 is 1.57 bits per heavy atom. The molecule has 0 saturated heterocycles. The number of benzene rings is 4. The van der Waals surface area contributed by atoms with Gasteiger partial charge in [-0.2, -0.15) is 0 Å². The van der Waals surface area contributed by atoms with Gasteiger partial charge in [0.15, 0.2) is 5.78 Å². The molecule has 4 aromatic carbocycles. The Morgan fingerprint density at radius 1 is 0.705 bits per heavy atom. The number of allylic oxidation sites excluding steroid dienone is 2. The van der Waals surface area contributed by atoms with Gasteiger partial charge in [0.25, 0.3) is 0 Å². The van der Waals surface area contributed by atoms with E-state index in [0.717, 1.165) is 86.4 Å². The molecule has 0 spiro atoms. The first kappa shape index (κ1) is 46.5. The molecule has 0 unspecified atom stereocenters. The fourth-order valence-electron chi connectivity index (χ4n) is 7.30. The summed E-state index contributed by atoms with van der Waals surface area (Å²) in [7, 11) is -2.85. The van der Waals surface area contributed by atoms with Crippen molar-refractivity contribution in [3.63, 3.8) is 0 Å². The van der Waals surface area contributed by atoms with E-state index in [9.17, 15) is 9.90 Å². The largest absolute Gasteiger partial charge is 0.512 e. The fraction of sp³-hybridized carbons (Fsp3) is 0.389. The van der Waals surface area contributed by atoms with Crippen LogP contribution in [0.2, 0.25) is 39.3 Å². The molecule has 2 heterocycles. The Bertz CT molecular complexity index is 2580. The van der Waals surface area contributed by atoms with Crippen molar-refractivity contribution < 1.29 is 34.1 Å². The summed E-state index contributed by atoms with van der Waals surface area (Å²) in [4.78, 5) is 20.8. The van der Waals surface area contributed by atoms with E-state index in [1.165, 1.54) is 22.0 Å². The molecular weight excluding hydrogens is 957 g/mol. The average Bonchev–Trinajstić information content (AvgIpc) is 3.20. The second-order valence-electron chi connectivity index (χ2n) is 18.7. The van der Waals surface area contributed by atoms with Gasteiger partial charge in [0.1, 0.15) is 5.76 Å². The fourth-order valence-corrected chi connectivity index (χ4v) is 9.64. The van der Waals surface area contributed by atoms with Crippen LogP contribution >= 0.6 is 0 Å². The van der Waals surface area contributed by atoms with Crippen molar-refractivity contribution in [3.05, 3.63) is 131 Å². The van der Waals surface area contributed by atoms with Crippen LogP contribution < -0.4 is 10.4 Å². The van der Waals surface area contributed by atoms with Crippen LogP contribution in [0.4, 0.5) is 0 Å². The van der Waals surface area contributed by atoms with Crippen LogP contribution in [0.5, 0.6) is 0 Å². The normalized spacial score (nSPS) is 12.7. The molecule has 6 rings (SSSR count). The van der Waals surface area contributed by atoms with Crippen LogP contribution in [-0.4, -0.2) is 37.0 Å². The molecule has 7 heteroatoms. The third kappa shape index (κ3) is 13.5. The van der Waals surface area contributed by atoms with Crippen LogP contribution in [0.15, 0.2) is 97.0 Å². The zero-order valence-corrected chi connectivity index (χ0v) is 43.8. The first-order chi connectivity index (χ1) is 29.3. The van der Waals surface area contributed by atoms with Crippen LogP contribution in [0.25, 0.3) is 44.1 Å². The number of ketones is 1. The molecule has 0 bridgehead atoms. The Hall–Kier alpha value is -4.01. The van der Waals surface area contributed by atoms with E-state index >= 15 is 0 Å². The molecular formula is C54H70IrN2O2Si2-2. The number of pyridine rings is 2. The third-order valence-corrected chi connectivity index (χ3v) is 15.8. The van der Waals surface area contributed by atoms with Gasteiger partial charge in [0.2, 0.25) is 0 Å². The van der Waals surface area contributed by atoms with Gasteiger partial charge >= 0.3 is 0 Å². The molecule has 6 aromatic rings. The van der Waals surface area contributed by atoms with Gasteiger partial charge in [0.05, 0.1) is 20.3 Å². The van der Waals surface area contributed by atoms with Gasteiger partial charge in [-0.1, -0.05) is 148 Å². The molecule has 0 amide bonds. The Kier molecular flexibility index (Phi) is 16.7. The average molecular weight is 1030 g/mol. The van der Waals surface area contributed by atoms with E-state index in [1.807, 2.05) is 60.6 Å². The molecule has 2 aromatic heterocycles. The molecule has 0 aliphatic rings. The zero-order valence-electron chi connectivity index (χ0n) is 42.4. The first-order valence-corrected chi connectivity index (χ1v) is 28.7. The van der Waals surface area contributed by atoms with Crippen molar-refractivity contribution in [1.82, 2.24) is 9.97 Å². The van der Waals surface area contributed by atoms with Crippen molar-refractivity contribution in [2.75, 3.05) is 0 Å². The predicted molar refractivity (Wildman–Crippen MR) is 265 cm³/mol. The van der Waals surface area contributed by atoms with E-state index in [0.29, 0.717) is 6.17 Å². The minimum atomic E-state index is -1.48. The van der Waals surface area contributed by atoms with E-state index < -0.39 is 16.1 Å². The molecule has 61 heavy (non-hydrogen) atoms. The minimum Gasteiger partial charge on any atom is -0.512 e. The van der Waals surface area contributed by atoms with Gasteiger partial charge in [0, 0.05) is 49.9 Å². The number of carbonyl (C=O) groups excluding carboxylic acids is 1. The van der Waals surface area contributed by atoms with Gasteiger partial charge < -0.3 is 15.1 Å². The number of aliphatic hydroxyl groups excluding tert-OH is 1. The van der Waals surface area contributed by atoms with E-state index in [1.54, 1.807) is 0 Å². The number of aliphatic hydroxyl groups is 1. The van der Waals surface area contributed by atoms with Gasteiger partial charge in [-0.25, -0.2) is 0 Å². The maximum atomic E-state index is 11.9. The molecule has 327 valence electrons. The molecule has 4 nitrogen and oxygen atoms in total. The molecule has 0 aliphatic heterocycles. The molecule has 0 aliphatic carbocycles.